The number of H-pyrrole nitrogens is 1. The summed E-state index contributed by atoms with van der Waals surface area (Å²) in [5.74, 6) is 0.345. The van der Waals surface area contributed by atoms with Gasteiger partial charge in [0.15, 0.2) is 0 Å². The van der Waals surface area contributed by atoms with Crippen LogP contribution in [0.15, 0.2) is 40.8 Å². The molecule has 1 amide bonds. The van der Waals surface area contributed by atoms with Gasteiger partial charge in [0.2, 0.25) is 5.43 Å². The van der Waals surface area contributed by atoms with Gasteiger partial charge in [0, 0.05) is 36.2 Å². The maximum atomic E-state index is 13.7. The van der Waals surface area contributed by atoms with E-state index in [1.54, 1.807) is 6.07 Å². The number of piperidine rings is 3. The van der Waals surface area contributed by atoms with Crippen LogP contribution in [-0.4, -0.2) is 52.4 Å². The van der Waals surface area contributed by atoms with E-state index < -0.39 is 5.82 Å². The minimum Gasteiger partial charge on any atom is -0.360 e. The molecule has 2 bridgehead atoms. The summed E-state index contributed by atoms with van der Waals surface area (Å²) >= 11 is 0. The molecule has 0 saturated carbocycles. The molecule has 4 aliphatic rings. The molecule has 1 N–H and O–H groups in total. The fourth-order valence-electron chi connectivity index (χ4n) is 6.71. The van der Waals surface area contributed by atoms with Crippen molar-refractivity contribution < 1.29 is 9.18 Å². The topological polar surface area (TPSA) is 56.4 Å². The molecule has 162 valence electrons. The number of likely N-dealkylation sites (tertiary alicyclic amines) is 1. The van der Waals surface area contributed by atoms with Crippen LogP contribution in [0.2, 0.25) is 0 Å². The molecule has 0 spiro atoms. The Hall–Kier alpha value is -2.47. The van der Waals surface area contributed by atoms with Gasteiger partial charge in [-0.05, 0) is 68.7 Å². The van der Waals surface area contributed by atoms with Crippen LogP contribution in [0.3, 0.4) is 0 Å². The number of halogens is 1. The van der Waals surface area contributed by atoms with Crippen molar-refractivity contribution in [2.45, 2.75) is 50.6 Å². The molecule has 4 heterocycles. The second-order valence-corrected chi connectivity index (χ2v) is 9.73. The zero-order valence-corrected chi connectivity index (χ0v) is 17.6. The number of carbonyl (C=O) groups excluding carboxylic acids is 1. The number of benzene rings is 1. The van der Waals surface area contributed by atoms with Gasteiger partial charge < -0.3 is 9.88 Å². The van der Waals surface area contributed by atoms with Gasteiger partial charge in [-0.25, -0.2) is 4.39 Å². The minimum absolute atomic E-state index is 0.0861. The molecule has 0 radical (unpaired) electrons. The second-order valence-electron chi connectivity index (χ2n) is 9.73. The summed E-state index contributed by atoms with van der Waals surface area (Å²) in [5, 5.41) is 0.233. The second kappa shape index (κ2) is 7.30. The van der Waals surface area contributed by atoms with Gasteiger partial charge in [-0.1, -0.05) is 18.1 Å². The maximum absolute atomic E-state index is 13.7. The van der Waals surface area contributed by atoms with Crippen molar-refractivity contribution in [2.24, 2.45) is 11.8 Å². The van der Waals surface area contributed by atoms with Gasteiger partial charge in [-0.3, -0.25) is 14.5 Å². The predicted octanol–water partition coefficient (Wildman–Crippen LogP) is 3.70. The number of aromatic nitrogens is 1. The smallest absolute Gasteiger partial charge is 0.259 e. The van der Waals surface area contributed by atoms with Crippen molar-refractivity contribution in [3.8, 4) is 0 Å². The first-order chi connectivity index (χ1) is 15.1. The molecule has 2 aromatic rings. The average Bonchev–Trinajstić information content (AvgIpc) is 2.79. The van der Waals surface area contributed by atoms with E-state index in [9.17, 15) is 14.0 Å². The number of amides is 1. The maximum Gasteiger partial charge on any atom is 0.259 e. The number of fused-ring (bicyclic) bond motifs is 7. The van der Waals surface area contributed by atoms with Crippen LogP contribution in [0.5, 0.6) is 0 Å². The Morgan fingerprint density at radius 3 is 2.97 bits per heavy atom. The molecule has 3 saturated heterocycles. The van der Waals surface area contributed by atoms with E-state index in [1.807, 2.05) is 4.90 Å². The lowest BCUT2D eigenvalue weighted by molar-refractivity contribution is 0.00143. The van der Waals surface area contributed by atoms with Crippen LogP contribution >= 0.6 is 0 Å². The number of rotatable bonds is 1. The van der Waals surface area contributed by atoms with Crippen molar-refractivity contribution in [3.05, 3.63) is 57.6 Å². The Labute approximate surface area is 180 Å². The average molecular weight is 422 g/mol. The van der Waals surface area contributed by atoms with E-state index in [-0.39, 0.29) is 28.3 Å². The molecule has 3 fully saturated rings. The Kier molecular flexibility index (Phi) is 4.53. The third-order valence-electron chi connectivity index (χ3n) is 7.99. The number of hydrogen-bond acceptors (Lipinski definition) is 3. The summed E-state index contributed by atoms with van der Waals surface area (Å²) in [5.41, 5.74) is 1.68. The number of pyridine rings is 1. The lowest BCUT2D eigenvalue weighted by Gasteiger charge is -2.54. The van der Waals surface area contributed by atoms with Crippen LogP contribution in [-0.2, 0) is 0 Å². The Balaban J connectivity index is 1.37. The summed E-state index contributed by atoms with van der Waals surface area (Å²) in [6.07, 6.45) is 11.0. The predicted molar refractivity (Wildman–Crippen MR) is 117 cm³/mol. The van der Waals surface area contributed by atoms with E-state index in [0.717, 1.165) is 32.4 Å². The standard InChI is InChI=1S/C25H28FN3O2/c26-18-6-7-21-19(12-18)24(30)20(13-27-21)25(31)29-9-3-4-15-10-16-11-17(23(15)29)14-28-8-2-1-5-22(16)28/h6-7,10,12-13,16-17,22-23H,1-5,8-9,11,14H2,(H,27,30)/t16-,17-,22+,23+/m0/s1. The van der Waals surface area contributed by atoms with Gasteiger partial charge >= 0.3 is 0 Å². The molecule has 4 atom stereocenters. The molecule has 1 aliphatic carbocycles. The van der Waals surface area contributed by atoms with Gasteiger partial charge in [0.1, 0.15) is 11.4 Å². The molecular weight excluding hydrogens is 393 g/mol. The summed E-state index contributed by atoms with van der Waals surface area (Å²) < 4.78 is 13.7. The first kappa shape index (κ1) is 19.2. The van der Waals surface area contributed by atoms with E-state index >= 15 is 0 Å². The molecule has 5 nitrogen and oxygen atoms in total. The zero-order chi connectivity index (χ0) is 21.1. The third-order valence-corrected chi connectivity index (χ3v) is 7.99. The molecule has 31 heavy (non-hydrogen) atoms. The number of nitrogens with zero attached hydrogens (tertiary/aromatic N) is 2. The highest BCUT2D eigenvalue weighted by Crippen LogP contribution is 2.45. The van der Waals surface area contributed by atoms with Crippen LogP contribution < -0.4 is 5.43 Å². The molecule has 6 heteroatoms. The number of hydrogen-bond donors (Lipinski definition) is 1. The highest BCUT2D eigenvalue weighted by molar-refractivity contribution is 5.97. The first-order valence-electron chi connectivity index (χ1n) is 11.7. The molecule has 0 unspecified atom stereocenters. The molecule has 3 aliphatic heterocycles. The summed E-state index contributed by atoms with van der Waals surface area (Å²) in [4.78, 5) is 34.3. The molecule has 6 rings (SSSR count). The molecule has 1 aromatic heterocycles. The highest BCUT2D eigenvalue weighted by atomic mass is 19.1. The van der Waals surface area contributed by atoms with Crippen molar-refractivity contribution in [1.82, 2.24) is 14.8 Å². The number of carbonyl (C=O) groups is 1. The Bertz CT molecular complexity index is 1140. The lowest BCUT2D eigenvalue weighted by Crippen LogP contribution is -2.60. The summed E-state index contributed by atoms with van der Waals surface area (Å²) in [6, 6.07) is 4.83. The van der Waals surface area contributed by atoms with Gasteiger partial charge in [-0.2, -0.15) is 0 Å². The normalized spacial score (nSPS) is 30.5. The van der Waals surface area contributed by atoms with Gasteiger partial charge in [0.05, 0.1) is 6.04 Å². The van der Waals surface area contributed by atoms with E-state index in [2.05, 4.69) is 16.0 Å². The van der Waals surface area contributed by atoms with E-state index in [0.29, 0.717) is 29.9 Å². The molecule has 1 aromatic carbocycles. The van der Waals surface area contributed by atoms with Crippen molar-refractivity contribution in [2.75, 3.05) is 19.6 Å². The summed E-state index contributed by atoms with van der Waals surface area (Å²) in [6.45, 7) is 2.88. The first-order valence-corrected chi connectivity index (χ1v) is 11.7. The number of nitrogens with one attached hydrogen (secondary N) is 1. The van der Waals surface area contributed by atoms with E-state index in [1.165, 1.54) is 43.2 Å². The third kappa shape index (κ3) is 3.06. The fraction of sp³-hybridized carbons (Fsp3) is 0.520. The quantitative estimate of drug-likeness (QED) is 0.715. The summed E-state index contributed by atoms with van der Waals surface area (Å²) in [7, 11) is 0. The van der Waals surface area contributed by atoms with E-state index in [4.69, 9.17) is 0 Å². The highest BCUT2D eigenvalue weighted by Gasteiger charge is 2.47. The SMILES string of the molecule is O=C(c1c[nH]c2ccc(F)cc2c1=O)N1CCCC2=C[C@H]3C[C@@H](CN4CCCC[C@H]34)[C@@H]21. The Morgan fingerprint density at radius 1 is 1.16 bits per heavy atom. The lowest BCUT2D eigenvalue weighted by atomic mass is 9.68. The largest absolute Gasteiger partial charge is 0.360 e. The number of aromatic amines is 1. The molecular formula is C25H28FN3O2. The Morgan fingerprint density at radius 2 is 2.06 bits per heavy atom. The van der Waals surface area contributed by atoms with Crippen LogP contribution in [0.4, 0.5) is 4.39 Å². The van der Waals surface area contributed by atoms with Crippen molar-refractivity contribution >= 4 is 16.8 Å². The van der Waals surface area contributed by atoms with Crippen molar-refractivity contribution in [1.29, 1.82) is 0 Å². The fourth-order valence-corrected chi connectivity index (χ4v) is 6.71. The monoisotopic (exact) mass is 421 g/mol. The van der Waals surface area contributed by atoms with Crippen LogP contribution in [0.1, 0.15) is 48.9 Å². The minimum atomic E-state index is -0.470. The van der Waals surface area contributed by atoms with Crippen LogP contribution in [0, 0.1) is 17.7 Å². The van der Waals surface area contributed by atoms with Crippen molar-refractivity contribution in [3.63, 3.8) is 0 Å². The van der Waals surface area contributed by atoms with Gasteiger partial charge in [-0.15, -0.1) is 0 Å². The zero-order valence-electron chi connectivity index (χ0n) is 17.6. The van der Waals surface area contributed by atoms with Crippen LogP contribution in [0.25, 0.3) is 10.9 Å². The van der Waals surface area contributed by atoms with Gasteiger partial charge in [0.25, 0.3) is 5.91 Å².